The fraction of sp³-hybridized carbons (Fsp3) is 0.929. The van der Waals surface area contributed by atoms with E-state index in [1.54, 1.807) is 0 Å². The molecule has 0 heterocycles. The minimum absolute atomic E-state index is 0.0417. The minimum atomic E-state index is 0.0417. The first-order valence-electron chi connectivity index (χ1n) is 7.25. The first kappa shape index (κ1) is 25.2. The molecule has 21 heavy (non-hydrogen) atoms. The second-order valence-electron chi connectivity index (χ2n) is 3.42. The molecule has 0 aliphatic rings. The number of carbonyl (C=O) groups excluding carboxylic acids is 1. The van der Waals surface area contributed by atoms with E-state index in [2.05, 4.69) is 4.74 Å². The molecule has 0 saturated carbocycles. The van der Waals surface area contributed by atoms with Crippen LogP contribution in [0.5, 0.6) is 0 Å². The van der Waals surface area contributed by atoms with Crippen molar-refractivity contribution in [1.29, 1.82) is 0 Å². The summed E-state index contributed by atoms with van der Waals surface area (Å²) in [6.45, 7) is 10.3. The second-order valence-corrected chi connectivity index (χ2v) is 3.42. The van der Waals surface area contributed by atoms with Crippen LogP contribution in [0.3, 0.4) is 0 Å². The van der Waals surface area contributed by atoms with Crippen LogP contribution < -0.4 is 0 Å². The lowest BCUT2D eigenvalue weighted by atomic mass is 10.5. The molecule has 0 fully saturated rings. The van der Waals surface area contributed by atoms with Crippen molar-refractivity contribution in [3.05, 3.63) is 0 Å². The molecule has 2 N–H and O–H groups in total. The van der Waals surface area contributed by atoms with Crippen LogP contribution in [0.4, 0.5) is 0 Å². The summed E-state index contributed by atoms with van der Waals surface area (Å²) in [5, 5.41) is 16.5. The number of carbonyl (C=O) groups is 1. The third kappa shape index (κ3) is 45.2. The van der Waals surface area contributed by atoms with Crippen LogP contribution in [0.25, 0.3) is 0 Å². The lowest BCUT2D eigenvalue weighted by molar-refractivity contribution is -0.128. The van der Waals surface area contributed by atoms with Crippen molar-refractivity contribution in [2.75, 3.05) is 59.5 Å². The van der Waals surface area contributed by atoms with Crippen molar-refractivity contribution in [2.45, 2.75) is 27.2 Å². The van der Waals surface area contributed by atoms with Crippen molar-refractivity contribution >= 4 is 6.47 Å². The summed E-state index contributed by atoms with van der Waals surface area (Å²) >= 11 is 0. The van der Waals surface area contributed by atoms with E-state index in [0.29, 0.717) is 39.5 Å². The van der Waals surface area contributed by atoms with E-state index in [0.717, 1.165) is 19.6 Å². The Balaban J connectivity index is -0.000000252. The van der Waals surface area contributed by atoms with Gasteiger partial charge >= 0.3 is 0 Å². The van der Waals surface area contributed by atoms with Crippen LogP contribution in [-0.4, -0.2) is 76.1 Å². The van der Waals surface area contributed by atoms with E-state index in [-0.39, 0.29) is 13.2 Å². The Morgan fingerprint density at radius 1 is 0.762 bits per heavy atom. The van der Waals surface area contributed by atoms with Gasteiger partial charge < -0.3 is 29.2 Å². The molecule has 7 nitrogen and oxygen atoms in total. The monoisotopic (exact) mass is 312 g/mol. The summed E-state index contributed by atoms with van der Waals surface area (Å²) in [4.78, 5) is 9.34. The van der Waals surface area contributed by atoms with Gasteiger partial charge in [-0.05, 0) is 20.3 Å². The van der Waals surface area contributed by atoms with Gasteiger partial charge in [-0.15, -0.1) is 0 Å². The molecule has 0 saturated heterocycles. The average molecular weight is 312 g/mol. The molecule has 0 rings (SSSR count). The molecular formula is C14H32O7. The van der Waals surface area contributed by atoms with Crippen molar-refractivity contribution in [2.24, 2.45) is 0 Å². The van der Waals surface area contributed by atoms with Crippen molar-refractivity contribution < 1.29 is 34.0 Å². The topological polar surface area (TPSA) is 94.5 Å². The summed E-state index contributed by atoms with van der Waals surface area (Å²) in [5.41, 5.74) is 0. The molecule has 0 amide bonds. The molecule has 130 valence electrons. The SMILES string of the molecule is CCCOC=O.CCOCC.OCCOCCOCCO. The maximum Gasteiger partial charge on any atom is 0.293 e. The number of aliphatic hydroxyl groups is 2. The third-order valence-electron chi connectivity index (χ3n) is 1.64. The summed E-state index contributed by atoms with van der Waals surface area (Å²) in [5.74, 6) is 0. The van der Waals surface area contributed by atoms with Crippen molar-refractivity contribution in [3.8, 4) is 0 Å². The lowest BCUT2D eigenvalue weighted by Gasteiger charge is -2.01. The number of aliphatic hydroxyl groups excluding tert-OH is 2. The highest BCUT2D eigenvalue weighted by Gasteiger charge is 1.86. The maximum atomic E-state index is 9.34. The van der Waals surface area contributed by atoms with Gasteiger partial charge in [-0.1, -0.05) is 6.92 Å². The molecule has 0 unspecified atom stereocenters. The molecule has 0 aliphatic carbocycles. The Bertz CT molecular complexity index is 146. The van der Waals surface area contributed by atoms with Crippen LogP contribution in [0.1, 0.15) is 27.2 Å². The first-order chi connectivity index (χ1) is 10.2. The molecule has 0 spiro atoms. The fourth-order valence-electron chi connectivity index (χ4n) is 0.821. The summed E-state index contributed by atoms with van der Waals surface area (Å²) < 4.78 is 18.9. The van der Waals surface area contributed by atoms with E-state index in [1.807, 2.05) is 20.8 Å². The summed E-state index contributed by atoms with van der Waals surface area (Å²) in [6.07, 6.45) is 0.902. The average Bonchev–Trinajstić information content (AvgIpc) is 2.51. The Morgan fingerprint density at radius 3 is 1.43 bits per heavy atom. The van der Waals surface area contributed by atoms with Gasteiger partial charge in [0.25, 0.3) is 6.47 Å². The Labute approximate surface area is 128 Å². The van der Waals surface area contributed by atoms with E-state index < -0.39 is 0 Å². The van der Waals surface area contributed by atoms with Crippen LogP contribution >= 0.6 is 0 Å². The minimum Gasteiger partial charge on any atom is -0.468 e. The predicted molar refractivity (Wildman–Crippen MR) is 80.3 cm³/mol. The maximum absolute atomic E-state index is 9.34. The molecule has 0 aromatic rings. The quantitative estimate of drug-likeness (QED) is 0.403. The zero-order valence-electron chi connectivity index (χ0n) is 13.6. The zero-order valence-corrected chi connectivity index (χ0v) is 13.6. The number of rotatable bonds is 12. The molecule has 0 atom stereocenters. The van der Waals surface area contributed by atoms with Gasteiger partial charge in [0.2, 0.25) is 0 Å². The standard InChI is InChI=1S/C6H14O4.C4H8O2.C4H10O/c7-1-3-9-5-6-10-4-2-8;1-2-3-6-4-5;1-3-5-4-2/h7-8H,1-6H2;4H,2-3H2,1H3;3-4H2,1-2H3. The van der Waals surface area contributed by atoms with Gasteiger partial charge in [-0.2, -0.15) is 0 Å². The zero-order chi connectivity index (χ0) is 16.6. The Hall–Kier alpha value is -0.730. The van der Waals surface area contributed by atoms with Gasteiger partial charge in [0.1, 0.15) is 0 Å². The summed E-state index contributed by atoms with van der Waals surface area (Å²) in [6, 6.07) is 0. The lowest BCUT2D eigenvalue weighted by Crippen LogP contribution is -2.09. The predicted octanol–water partition coefficient (Wildman–Crippen LogP) is 0.616. The molecule has 0 radical (unpaired) electrons. The largest absolute Gasteiger partial charge is 0.468 e. The number of hydrogen-bond donors (Lipinski definition) is 2. The highest BCUT2D eigenvalue weighted by Crippen LogP contribution is 1.76. The van der Waals surface area contributed by atoms with E-state index in [4.69, 9.17) is 24.4 Å². The van der Waals surface area contributed by atoms with Crippen LogP contribution in [0, 0.1) is 0 Å². The first-order valence-corrected chi connectivity index (χ1v) is 7.25. The second kappa shape index (κ2) is 31.6. The molecule has 0 aromatic carbocycles. The smallest absolute Gasteiger partial charge is 0.293 e. The Morgan fingerprint density at radius 2 is 1.24 bits per heavy atom. The van der Waals surface area contributed by atoms with Crippen LogP contribution in [-0.2, 0) is 23.7 Å². The molecule has 0 aliphatic heterocycles. The van der Waals surface area contributed by atoms with Crippen molar-refractivity contribution in [1.82, 2.24) is 0 Å². The number of hydrogen-bond acceptors (Lipinski definition) is 7. The van der Waals surface area contributed by atoms with Crippen molar-refractivity contribution in [3.63, 3.8) is 0 Å². The van der Waals surface area contributed by atoms with Crippen LogP contribution in [0.15, 0.2) is 0 Å². The highest BCUT2D eigenvalue weighted by atomic mass is 16.5. The molecular weight excluding hydrogens is 280 g/mol. The highest BCUT2D eigenvalue weighted by molar-refractivity contribution is 5.36. The van der Waals surface area contributed by atoms with Gasteiger partial charge in [-0.25, -0.2) is 0 Å². The van der Waals surface area contributed by atoms with Gasteiger partial charge in [-0.3, -0.25) is 4.79 Å². The van der Waals surface area contributed by atoms with Gasteiger partial charge in [0.15, 0.2) is 0 Å². The molecule has 0 bridgehead atoms. The van der Waals surface area contributed by atoms with Gasteiger partial charge in [0, 0.05) is 13.2 Å². The Kier molecular flexibility index (Phi) is 38.0. The normalized spacial score (nSPS) is 9.00. The van der Waals surface area contributed by atoms with Gasteiger partial charge in [0.05, 0.1) is 46.2 Å². The van der Waals surface area contributed by atoms with E-state index in [1.165, 1.54) is 0 Å². The summed E-state index contributed by atoms with van der Waals surface area (Å²) in [7, 11) is 0. The third-order valence-corrected chi connectivity index (χ3v) is 1.64. The van der Waals surface area contributed by atoms with E-state index >= 15 is 0 Å². The van der Waals surface area contributed by atoms with Crippen LogP contribution in [0.2, 0.25) is 0 Å². The fourth-order valence-corrected chi connectivity index (χ4v) is 0.821. The van der Waals surface area contributed by atoms with E-state index in [9.17, 15) is 4.79 Å². The number of ether oxygens (including phenoxy) is 4. The molecule has 7 heteroatoms. The molecule has 0 aromatic heterocycles.